The van der Waals surface area contributed by atoms with Gasteiger partial charge < -0.3 is 21.5 Å². The Morgan fingerprint density at radius 1 is 1.11 bits per heavy atom. The number of halogens is 1. The number of carbonyl (C=O) groups excluding carboxylic acids is 3. The van der Waals surface area contributed by atoms with Crippen LogP contribution < -0.4 is 26.4 Å². The lowest BCUT2D eigenvalue weighted by molar-refractivity contribution is -0.122. The van der Waals surface area contributed by atoms with Gasteiger partial charge in [-0.05, 0) is 65.8 Å². The van der Waals surface area contributed by atoms with Gasteiger partial charge in [0.25, 0.3) is 11.8 Å². The number of ether oxygens (including phenoxy) is 1. The molecule has 0 unspecified atom stereocenters. The van der Waals surface area contributed by atoms with Crippen molar-refractivity contribution in [1.82, 2.24) is 9.69 Å². The van der Waals surface area contributed by atoms with Crippen molar-refractivity contribution >= 4 is 40.6 Å². The second kappa shape index (κ2) is 11.6. The third-order valence-corrected chi connectivity index (χ3v) is 6.29. The number of anilines is 2. The normalized spacial score (nSPS) is 11.7. The third kappa shape index (κ3) is 5.98. The highest BCUT2D eigenvalue weighted by molar-refractivity contribution is 7.09. The number of nitrogens with zero attached hydrogens (tertiary/aromatic N) is 2. The summed E-state index contributed by atoms with van der Waals surface area (Å²) in [6.07, 6.45) is 0.724. The Kier molecular flexibility index (Phi) is 8.59. The largest absolute Gasteiger partial charge is 0.497 e. The van der Waals surface area contributed by atoms with Crippen LogP contribution in [-0.2, 0) is 4.79 Å². The molecular weight excluding hydrogens is 485 g/mol. The van der Waals surface area contributed by atoms with Crippen LogP contribution in [0.15, 0.2) is 48.5 Å². The Balaban J connectivity index is 2.15. The SMILES string of the molecule is COc1ccc(N(C(=O)c2snc(C(N)=O)c2N)[C@@H](C(=O)NCCC(C)C)c2ccc(F)cc2)cc1. The molecule has 2 aromatic carbocycles. The summed E-state index contributed by atoms with van der Waals surface area (Å²) in [6, 6.07) is 10.6. The molecule has 0 aliphatic carbocycles. The number of nitrogens with two attached hydrogens (primary N) is 2. The van der Waals surface area contributed by atoms with E-state index >= 15 is 0 Å². The molecule has 5 N–H and O–H groups in total. The van der Waals surface area contributed by atoms with Gasteiger partial charge in [-0.1, -0.05) is 26.0 Å². The third-order valence-electron chi connectivity index (χ3n) is 5.44. The van der Waals surface area contributed by atoms with E-state index in [1.165, 1.54) is 36.3 Å². The van der Waals surface area contributed by atoms with Crippen molar-refractivity contribution < 1.29 is 23.5 Å². The second-order valence-electron chi connectivity index (χ2n) is 8.44. The van der Waals surface area contributed by atoms with Crippen molar-refractivity contribution in [3.63, 3.8) is 0 Å². The lowest BCUT2D eigenvalue weighted by Gasteiger charge is -2.31. The Hall–Kier alpha value is -3.99. The van der Waals surface area contributed by atoms with Crippen LogP contribution in [0.3, 0.4) is 0 Å². The van der Waals surface area contributed by atoms with E-state index in [2.05, 4.69) is 9.69 Å². The summed E-state index contributed by atoms with van der Waals surface area (Å²) in [7, 11) is 1.50. The van der Waals surface area contributed by atoms with E-state index in [1.807, 2.05) is 13.8 Å². The molecule has 190 valence electrons. The van der Waals surface area contributed by atoms with Gasteiger partial charge in [0, 0.05) is 12.2 Å². The summed E-state index contributed by atoms with van der Waals surface area (Å²) in [6.45, 7) is 4.44. The Morgan fingerprint density at radius 2 is 1.75 bits per heavy atom. The molecule has 3 rings (SSSR count). The molecule has 1 aromatic heterocycles. The summed E-state index contributed by atoms with van der Waals surface area (Å²) in [4.78, 5) is 40.3. The average Bonchev–Trinajstić information content (AvgIpc) is 3.24. The lowest BCUT2D eigenvalue weighted by Crippen LogP contribution is -2.44. The highest BCUT2D eigenvalue weighted by atomic mass is 32.1. The molecule has 0 aliphatic heterocycles. The first kappa shape index (κ1) is 26.6. The molecular formula is C25H28FN5O4S. The van der Waals surface area contributed by atoms with Crippen molar-refractivity contribution in [1.29, 1.82) is 0 Å². The highest BCUT2D eigenvalue weighted by Crippen LogP contribution is 2.34. The summed E-state index contributed by atoms with van der Waals surface area (Å²) in [5.41, 5.74) is 11.7. The number of carbonyl (C=O) groups is 3. The summed E-state index contributed by atoms with van der Waals surface area (Å²) in [5, 5.41) is 2.88. The number of rotatable bonds is 10. The highest BCUT2D eigenvalue weighted by Gasteiger charge is 2.36. The van der Waals surface area contributed by atoms with Crippen LogP contribution in [0.25, 0.3) is 0 Å². The van der Waals surface area contributed by atoms with E-state index in [-0.39, 0.29) is 16.3 Å². The zero-order valence-electron chi connectivity index (χ0n) is 20.2. The molecule has 0 saturated carbocycles. The fraction of sp³-hybridized carbons (Fsp3) is 0.280. The molecule has 1 heterocycles. The number of hydrogen-bond acceptors (Lipinski definition) is 7. The standard InChI is InChI=1S/C25H28FN5O4S/c1-14(2)12-13-29-24(33)21(15-4-6-16(26)7-5-15)31(17-8-10-18(35-3)11-9-17)25(34)22-19(27)20(23(28)32)30-36-22/h4-11,14,21H,12-13,27H2,1-3H3,(H2,28,32)(H,29,33)/t21-/m1/s1. The van der Waals surface area contributed by atoms with E-state index < -0.39 is 29.6 Å². The molecule has 0 radical (unpaired) electrons. The lowest BCUT2D eigenvalue weighted by atomic mass is 10.0. The van der Waals surface area contributed by atoms with Crippen molar-refractivity contribution in [2.45, 2.75) is 26.3 Å². The van der Waals surface area contributed by atoms with E-state index in [0.717, 1.165) is 6.42 Å². The van der Waals surface area contributed by atoms with Crippen LogP contribution in [0.4, 0.5) is 15.8 Å². The zero-order valence-corrected chi connectivity index (χ0v) is 21.0. The Morgan fingerprint density at radius 3 is 2.28 bits per heavy atom. The van der Waals surface area contributed by atoms with E-state index in [4.69, 9.17) is 16.2 Å². The molecule has 0 saturated heterocycles. The van der Waals surface area contributed by atoms with Gasteiger partial charge in [0.05, 0.1) is 12.8 Å². The maximum Gasteiger partial charge on any atom is 0.273 e. The van der Waals surface area contributed by atoms with Crippen LogP contribution in [-0.4, -0.2) is 35.7 Å². The average molecular weight is 514 g/mol. The van der Waals surface area contributed by atoms with E-state index in [0.29, 0.717) is 41.0 Å². The predicted molar refractivity (Wildman–Crippen MR) is 136 cm³/mol. The van der Waals surface area contributed by atoms with Gasteiger partial charge in [0.2, 0.25) is 5.91 Å². The van der Waals surface area contributed by atoms with Crippen LogP contribution >= 0.6 is 11.5 Å². The maximum atomic E-state index is 13.9. The molecule has 3 amide bonds. The van der Waals surface area contributed by atoms with Crippen molar-refractivity contribution in [3.8, 4) is 5.75 Å². The van der Waals surface area contributed by atoms with Crippen LogP contribution in [0.2, 0.25) is 0 Å². The Bertz CT molecular complexity index is 1230. The van der Waals surface area contributed by atoms with Crippen molar-refractivity contribution in [2.24, 2.45) is 11.7 Å². The number of methoxy groups -OCH3 is 1. The molecule has 0 aliphatic rings. The number of benzene rings is 2. The molecule has 0 spiro atoms. The van der Waals surface area contributed by atoms with Crippen LogP contribution in [0, 0.1) is 11.7 Å². The molecule has 0 fully saturated rings. The fourth-order valence-electron chi connectivity index (χ4n) is 3.51. The number of amides is 3. The number of nitrogen functional groups attached to an aromatic ring is 1. The molecule has 1 atom stereocenters. The summed E-state index contributed by atoms with van der Waals surface area (Å²) in [5.74, 6) is -1.61. The number of primary amides is 1. The second-order valence-corrected chi connectivity index (χ2v) is 9.21. The summed E-state index contributed by atoms with van der Waals surface area (Å²) < 4.78 is 22.9. The fourth-order valence-corrected chi connectivity index (χ4v) is 4.25. The van der Waals surface area contributed by atoms with Gasteiger partial charge in [0.1, 0.15) is 22.5 Å². The van der Waals surface area contributed by atoms with E-state index in [1.54, 1.807) is 24.3 Å². The Labute approximate surface area is 212 Å². The van der Waals surface area contributed by atoms with Crippen LogP contribution in [0.1, 0.15) is 52.0 Å². The molecule has 9 nitrogen and oxygen atoms in total. The van der Waals surface area contributed by atoms with Gasteiger partial charge in [-0.2, -0.15) is 4.37 Å². The number of hydrogen-bond donors (Lipinski definition) is 3. The van der Waals surface area contributed by atoms with Crippen molar-refractivity contribution in [3.05, 3.63) is 70.5 Å². The topological polar surface area (TPSA) is 141 Å². The van der Waals surface area contributed by atoms with Crippen molar-refractivity contribution in [2.75, 3.05) is 24.3 Å². The minimum Gasteiger partial charge on any atom is -0.497 e. The minimum atomic E-state index is -1.18. The molecule has 11 heteroatoms. The van der Waals surface area contributed by atoms with Gasteiger partial charge in [0.15, 0.2) is 5.69 Å². The first-order valence-electron chi connectivity index (χ1n) is 11.2. The first-order valence-corrected chi connectivity index (χ1v) is 12.0. The van der Waals surface area contributed by atoms with Gasteiger partial charge in [-0.15, -0.1) is 0 Å². The maximum absolute atomic E-state index is 13.9. The first-order chi connectivity index (χ1) is 17.1. The zero-order chi connectivity index (χ0) is 26.4. The summed E-state index contributed by atoms with van der Waals surface area (Å²) >= 11 is 0.708. The smallest absolute Gasteiger partial charge is 0.273 e. The van der Waals surface area contributed by atoms with Gasteiger partial charge in [-0.25, -0.2) is 4.39 Å². The minimum absolute atomic E-state index is 0.0540. The molecule has 36 heavy (non-hydrogen) atoms. The molecule has 3 aromatic rings. The quantitative estimate of drug-likeness (QED) is 0.379. The number of nitrogens with one attached hydrogen (secondary N) is 1. The number of aromatic nitrogens is 1. The van der Waals surface area contributed by atoms with Gasteiger partial charge >= 0.3 is 0 Å². The predicted octanol–water partition coefficient (Wildman–Crippen LogP) is 3.52. The monoisotopic (exact) mass is 513 g/mol. The van der Waals surface area contributed by atoms with Gasteiger partial charge in [-0.3, -0.25) is 19.3 Å². The van der Waals surface area contributed by atoms with Crippen LogP contribution in [0.5, 0.6) is 5.75 Å². The molecule has 0 bridgehead atoms. The van der Waals surface area contributed by atoms with E-state index in [9.17, 15) is 18.8 Å².